The third kappa shape index (κ3) is 3.92. The van der Waals surface area contributed by atoms with E-state index in [0.717, 1.165) is 17.3 Å². The molecule has 1 unspecified atom stereocenters. The van der Waals surface area contributed by atoms with Crippen LogP contribution >= 0.6 is 15.9 Å². The Morgan fingerprint density at radius 2 is 2.11 bits per heavy atom. The lowest BCUT2D eigenvalue weighted by Crippen LogP contribution is -2.13. The van der Waals surface area contributed by atoms with Gasteiger partial charge in [0.05, 0.1) is 6.10 Å². The van der Waals surface area contributed by atoms with Gasteiger partial charge in [-0.2, -0.15) is 0 Å². The molecule has 1 aliphatic carbocycles. The lowest BCUT2D eigenvalue weighted by atomic mass is 9.93. The van der Waals surface area contributed by atoms with Gasteiger partial charge in [-0.3, -0.25) is 0 Å². The molecule has 1 nitrogen and oxygen atoms in total. The van der Waals surface area contributed by atoms with E-state index in [2.05, 4.69) is 22.0 Å². The van der Waals surface area contributed by atoms with Crippen LogP contribution in [0.15, 0.2) is 34.3 Å². The summed E-state index contributed by atoms with van der Waals surface area (Å²) in [6, 6.07) is 4.99. The quantitative estimate of drug-likeness (QED) is 0.818. The molecular formula is C15H18BrFO. The van der Waals surface area contributed by atoms with Crippen LogP contribution in [0.25, 0.3) is 0 Å². The van der Waals surface area contributed by atoms with Gasteiger partial charge in [-0.25, -0.2) is 4.39 Å². The molecule has 0 bridgehead atoms. The Morgan fingerprint density at radius 3 is 2.78 bits per heavy atom. The molecule has 3 heteroatoms. The van der Waals surface area contributed by atoms with E-state index in [1.165, 1.54) is 24.5 Å². The fraction of sp³-hybridized carbons (Fsp3) is 0.467. The zero-order chi connectivity index (χ0) is 13.0. The number of halogens is 2. The van der Waals surface area contributed by atoms with E-state index < -0.39 is 6.10 Å². The molecule has 0 saturated carbocycles. The SMILES string of the molecule is OC(CC1=CCCCC1)Cc1ccc(Br)cc1F. The lowest BCUT2D eigenvalue weighted by molar-refractivity contribution is 0.172. The largest absolute Gasteiger partial charge is 0.392 e. The van der Waals surface area contributed by atoms with Crippen molar-refractivity contribution in [3.8, 4) is 0 Å². The Hall–Kier alpha value is -0.670. The molecule has 0 aliphatic heterocycles. The normalized spacial score (nSPS) is 17.4. The molecule has 0 saturated heterocycles. The molecule has 1 atom stereocenters. The number of aliphatic hydroxyl groups is 1. The average Bonchev–Trinajstić information content (AvgIpc) is 2.34. The van der Waals surface area contributed by atoms with Crippen LogP contribution < -0.4 is 0 Å². The molecule has 0 spiro atoms. The van der Waals surface area contributed by atoms with Crippen LogP contribution in [-0.4, -0.2) is 11.2 Å². The van der Waals surface area contributed by atoms with E-state index in [4.69, 9.17) is 0 Å². The minimum atomic E-state index is -0.481. The standard InChI is InChI=1S/C15H18BrFO/c16-13-7-6-12(15(17)10-13)9-14(18)8-11-4-2-1-3-5-11/h4,6-7,10,14,18H,1-3,5,8-9H2. The van der Waals surface area contributed by atoms with Crippen LogP contribution in [0.5, 0.6) is 0 Å². The minimum Gasteiger partial charge on any atom is -0.392 e. The second-order valence-corrected chi connectivity index (χ2v) is 5.82. The molecule has 98 valence electrons. The molecule has 1 N–H and O–H groups in total. The first-order valence-electron chi connectivity index (χ1n) is 6.45. The van der Waals surface area contributed by atoms with E-state index in [1.807, 2.05) is 6.07 Å². The first-order valence-corrected chi connectivity index (χ1v) is 7.24. The van der Waals surface area contributed by atoms with Crippen molar-refractivity contribution in [2.24, 2.45) is 0 Å². The van der Waals surface area contributed by atoms with Crippen molar-refractivity contribution >= 4 is 15.9 Å². The second-order valence-electron chi connectivity index (χ2n) is 4.91. The highest BCUT2D eigenvalue weighted by molar-refractivity contribution is 9.10. The van der Waals surface area contributed by atoms with Crippen molar-refractivity contribution < 1.29 is 9.50 Å². The average molecular weight is 313 g/mol. The molecule has 0 aromatic heterocycles. The van der Waals surface area contributed by atoms with Crippen molar-refractivity contribution in [3.05, 3.63) is 45.7 Å². The van der Waals surface area contributed by atoms with Gasteiger partial charge in [0.1, 0.15) is 5.82 Å². The highest BCUT2D eigenvalue weighted by Gasteiger charge is 2.13. The highest BCUT2D eigenvalue weighted by Crippen LogP contribution is 2.23. The Labute approximate surface area is 116 Å². The van der Waals surface area contributed by atoms with Gasteiger partial charge < -0.3 is 5.11 Å². The lowest BCUT2D eigenvalue weighted by Gasteiger charge is -2.17. The van der Waals surface area contributed by atoms with Crippen LogP contribution in [-0.2, 0) is 6.42 Å². The summed E-state index contributed by atoms with van der Waals surface area (Å²) in [5.41, 5.74) is 1.91. The first-order chi connectivity index (χ1) is 8.65. The van der Waals surface area contributed by atoms with Crippen molar-refractivity contribution in [2.45, 2.75) is 44.6 Å². The third-order valence-corrected chi connectivity index (χ3v) is 3.85. The van der Waals surface area contributed by atoms with Crippen LogP contribution in [0.1, 0.15) is 37.7 Å². The maximum atomic E-state index is 13.6. The molecular weight excluding hydrogens is 295 g/mol. The van der Waals surface area contributed by atoms with Gasteiger partial charge in [-0.1, -0.05) is 33.6 Å². The summed E-state index contributed by atoms with van der Waals surface area (Å²) in [6.07, 6.45) is 7.47. The molecule has 0 fully saturated rings. The summed E-state index contributed by atoms with van der Waals surface area (Å²) in [4.78, 5) is 0. The predicted molar refractivity (Wildman–Crippen MR) is 75.0 cm³/mol. The van der Waals surface area contributed by atoms with Crippen molar-refractivity contribution in [1.82, 2.24) is 0 Å². The first kappa shape index (κ1) is 13.8. The summed E-state index contributed by atoms with van der Waals surface area (Å²) in [6.45, 7) is 0. The van der Waals surface area contributed by atoms with Gasteiger partial charge in [0, 0.05) is 10.9 Å². The molecule has 1 aromatic carbocycles. The molecule has 1 aromatic rings. The summed E-state index contributed by atoms with van der Waals surface area (Å²) >= 11 is 3.23. The number of hydrogen-bond acceptors (Lipinski definition) is 1. The second kappa shape index (κ2) is 6.48. The molecule has 0 amide bonds. The van der Waals surface area contributed by atoms with Crippen molar-refractivity contribution in [3.63, 3.8) is 0 Å². The van der Waals surface area contributed by atoms with E-state index in [1.54, 1.807) is 6.07 Å². The van der Waals surface area contributed by atoms with E-state index in [9.17, 15) is 9.50 Å². The van der Waals surface area contributed by atoms with Gasteiger partial charge in [-0.05, 0) is 49.8 Å². The monoisotopic (exact) mass is 312 g/mol. The van der Waals surface area contributed by atoms with Gasteiger partial charge in [-0.15, -0.1) is 0 Å². The zero-order valence-corrected chi connectivity index (χ0v) is 11.9. The Morgan fingerprint density at radius 1 is 1.28 bits per heavy atom. The Balaban J connectivity index is 1.94. The van der Waals surface area contributed by atoms with Gasteiger partial charge in [0.2, 0.25) is 0 Å². The molecule has 18 heavy (non-hydrogen) atoms. The fourth-order valence-electron chi connectivity index (χ4n) is 2.41. The van der Waals surface area contributed by atoms with Gasteiger partial charge in [0.25, 0.3) is 0 Å². The summed E-state index contributed by atoms with van der Waals surface area (Å²) in [7, 11) is 0. The number of allylic oxidation sites excluding steroid dienone is 1. The van der Waals surface area contributed by atoms with Crippen LogP contribution in [0.2, 0.25) is 0 Å². The highest BCUT2D eigenvalue weighted by atomic mass is 79.9. The molecule has 0 heterocycles. The maximum absolute atomic E-state index is 13.6. The molecule has 1 aliphatic rings. The number of aliphatic hydroxyl groups excluding tert-OH is 1. The van der Waals surface area contributed by atoms with Crippen molar-refractivity contribution in [1.29, 1.82) is 0 Å². The Bertz CT molecular complexity index is 442. The summed E-state index contributed by atoms with van der Waals surface area (Å²) in [5.74, 6) is -0.249. The van der Waals surface area contributed by atoms with E-state index >= 15 is 0 Å². The van der Waals surface area contributed by atoms with Crippen molar-refractivity contribution in [2.75, 3.05) is 0 Å². The van der Waals surface area contributed by atoms with E-state index in [0.29, 0.717) is 18.4 Å². The Kier molecular flexibility index (Phi) is 4.95. The number of benzene rings is 1. The van der Waals surface area contributed by atoms with Gasteiger partial charge in [0.15, 0.2) is 0 Å². The van der Waals surface area contributed by atoms with Gasteiger partial charge >= 0.3 is 0 Å². The third-order valence-electron chi connectivity index (χ3n) is 3.35. The van der Waals surface area contributed by atoms with E-state index in [-0.39, 0.29) is 5.82 Å². The summed E-state index contributed by atoms with van der Waals surface area (Å²) in [5, 5.41) is 10.0. The van der Waals surface area contributed by atoms with Crippen LogP contribution in [0, 0.1) is 5.82 Å². The zero-order valence-electron chi connectivity index (χ0n) is 10.3. The number of rotatable bonds is 4. The van der Waals surface area contributed by atoms with Crippen LogP contribution in [0.3, 0.4) is 0 Å². The fourth-order valence-corrected chi connectivity index (χ4v) is 2.74. The predicted octanol–water partition coefficient (Wildman–Crippen LogP) is 4.38. The molecule has 0 radical (unpaired) electrons. The molecule has 2 rings (SSSR count). The summed E-state index contributed by atoms with van der Waals surface area (Å²) < 4.78 is 14.4. The smallest absolute Gasteiger partial charge is 0.127 e. The minimum absolute atomic E-state index is 0.249. The van der Waals surface area contributed by atoms with Crippen LogP contribution in [0.4, 0.5) is 4.39 Å². The topological polar surface area (TPSA) is 20.2 Å². The maximum Gasteiger partial charge on any atom is 0.127 e. The number of hydrogen-bond donors (Lipinski definition) is 1.